The molecular weight excluding hydrogens is 156 g/mol. The lowest BCUT2D eigenvalue weighted by Crippen LogP contribution is -1.98. The van der Waals surface area contributed by atoms with Gasteiger partial charge in [-0.25, -0.2) is 4.98 Å². The van der Waals surface area contributed by atoms with Gasteiger partial charge in [0, 0.05) is 5.92 Å². The van der Waals surface area contributed by atoms with Gasteiger partial charge < -0.3 is 9.84 Å². The van der Waals surface area contributed by atoms with Gasteiger partial charge in [-0.15, -0.1) is 0 Å². The maximum absolute atomic E-state index is 9.26. The molecule has 0 radical (unpaired) electrons. The van der Waals surface area contributed by atoms with Crippen molar-refractivity contribution in [2.75, 3.05) is 7.11 Å². The van der Waals surface area contributed by atoms with Crippen molar-refractivity contribution < 1.29 is 9.84 Å². The second-order valence-electron chi connectivity index (χ2n) is 2.77. The number of hydrogen-bond acceptors (Lipinski definition) is 4. The number of methoxy groups -OCH3 is 1. The molecule has 66 valence electrons. The minimum Gasteiger partial charge on any atom is -0.491 e. The van der Waals surface area contributed by atoms with E-state index in [-0.39, 0.29) is 11.8 Å². The van der Waals surface area contributed by atoms with Crippen LogP contribution in [0, 0.1) is 0 Å². The monoisotopic (exact) mass is 168 g/mol. The summed E-state index contributed by atoms with van der Waals surface area (Å²) in [6, 6.07) is 0. The van der Waals surface area contributed by atoms with Crippen LogP contribution in [0.5, 0.6) is 11.6 Å². The smallest absolute Gasteiger partial charge is 0.257 e. The minimum absolute atomic E-state index is 0.101. The van der Waals surface area contributed by atoms with Gasteiger partial charge in [0.2, 0.25) is 0 Å². The molecule has 0 amide bonds. The summed E-state index contributed by atoms with van der Waals surface area (Å²) in [5, 5.41) is 9.26. The predicted octanol–water partition coefficient (Wildman–Crippen LogP) is 1.31. The molecule has 1 aromatic heterocycles. The molecule has 0 aromatic carbocycles. The van der Waals surface area contributed by atoms with Crippen LogP contribution in [0.2, 0.25) is 0 Å². The molecule has 4 nitrogen and oxygen atoms in total. The van der Waals surface area contributed by atoms with E-state index in [2.05, 4.69) is 9.97 Å². The standard InChI is InChI=1S/C8H12N2O2/c1-5(2)7-9-4-6(12-3)8(11)10-7/h4-5H,1-3H3,(H,9,10,11). The van der Waals surface area contributed by atoms with Crippen molar-refractivity contribution in [2.45, 2.75) is 19.8 Å². The zero-order valence-electron chi connectivity index (χ0n) is 7.40. The highest BCUT2D eigenvalue weighted by atomic mass is 16.5. The molecule has 0 saturated carbocycles. The Hall–Kier alpha value is -1.32. The van der Waals surface area contributed by atoms with E-state index in [1.54, 1.807) is 0 Å². The SMILES string of the molecule is COc1cnc(C(C)C)nc1O. The molecule has 0 unspecified atom stereocenters. The van der Waals surface area contributed by atoms with E-state index in [0.717, 1.165) is 0 Å². The van der Waals surface area contributed by atoms with Crippen molar-refractivity contribution in [3.05, 3.63) is 12.0 Å². The van der Waals surface area contributed by atoms with Gasteiger partial charge in [-0.3, -0.25) is 0 Å². The van der Waals surface area contributed by atoms with Crippen LogP contribution in [0.25, 0.3) is 0 Å². The van der Waals surface area contributed by atoms with Crippen molar-refractivity contribution >= 4 is 0 Å². The van der Waals surface area contributed by atoms with Gasteiger partial charge in [-0.1, -0.05) is 13.8 Å². The Morgan fingerprint density at radius 3 is 2.58 bits per heavy atom. The number of rotatable bonds is 2. The van der Waals surface area contributed by atoms with E-state index >= 15 is 0 Å². The van der Waals surface area contributed by atoms with Crippen molar-refractivity contribution in [3.8, 4) is 11.6 Å². The van der Waals surface area contributed by atoms with Crippen LogP contribution in [-0.2, 0) is 0 Å². The molecule has 12 heavy (non-hydrogen) atoms. The summed E-state index contributed by atoms with van der Waals surface area (Å²) in [6.07, 6.45) is 1.47. The van der Waals surface area contributed by atoms with Gasteiger partial charge in [-0.2, -0.15) is 4.98 Å². The maximum Gasteiger partial charge on any atom is 0.257 e. The fraction of sp³-hybridized carbons (Fsp3) is 0.500. The number of ether oxygens (including phenoxy) is 1. The summed E-state index contributed by atoms with van der Waals surface area (Å²) < 4.78 is 4.80. The van der Waals surface area contributed by atoms with Gasteiger partial charge in [-0.05, 0) is 0 Å². The zero-order valence-corrected chi connectivity index (χ0v) is 7.40. The van der Waals surface area contributed by atoms with Crippen LogP contribution in [0.15, 0.2) is 6.20 Å². The molecule has 0 saturated heterocycles. The largest absolute Gasteiger partial charge is 0.491 e. The van der Waals surface area contributed by atoms with Gasteiger partial charge >= 0.3 is 0 Å². The Kier molecular flexibility index (Phi) is 2.47. The molecule has 1 aromatic rings. The Morgan fingerprint density at radius 2 is 2.17 bits per heavy atom. The summed E-state index contributed by atoms with van der Waals surface area (Å²) in [5.41, 5.74) is 0. The molecule has 0 bridgehead atoms. The highest BCUT2D eigenvalue weighted by Crippen LogP contribution is 2.22. The fourth-order valence-corrected chi connectivity index (χ4v) is 0.797. The van der Waals surface area contributed by atoms with Crippen LogP contribution in [0.3, 0.4) is 0 Å². The van der Waals surface area contributed by atoms with E-state index in [4.69, 9.17) is 4.74 Å². The first kappa shape index (κ1) is 8.77. The normalized spacial score (nSPS) is 10.3. The first-order valence-electron chi connectivity index (χ1n) is 3.75. The quantitative estimate of drug-likeness (QED) is 0.723. The van der Waals surface area contributed by atoms with Crippen molar-refractivity contribution in [1.29, 1.82) is 0 Å². The van der Waals surface area contributed by atoms with Gasteiger partial charge in [0.25, 0.3) is 5.88 Å². The van der Waals surface area contributed by atoms with Crippen LogP contribution >= 0.6 is 0 Å². The lowest BCUT2D eigenvalue weighted by molar-refractivity contribution is 0.358. The van der Waals surface area contributed by atoms with E-state index < -0.39 is 0 Å². The molecule has 4 heteroatoms. The van der Waals surface area contributed by atoms with Crippen molar-refractivity contribution in [2.24, 2.45) is 0 Å². The molecule has 0 aliphatic heterocycles. The summed E-state index contributed by atoms with van der Waals surface area (Å²) in [4.78, 5) is 7.88. The molecule has 1 heterocycles. The number of hydrogen-bond donors (Lipinski definition) is 1. The van der Waals surface area contributed by atoms with Crippen LogP contribution < -0.4 is 4.74 Å². The number of aromatic hydroxyl groups is 1. The van der Waals surface area contributed by atoms with E-state index in [1.165, 1.54) is 13.3 Å². The molecule has 0 fully saturated rings. The van der Waals surface area contributed by atoms with Crippen LogP contribution in [0.1, 0.15) is 25.6 Å². The predicted molar refractivity (Wildman–Crippen MR) is 44.3 cm³/mol. The summed E-state index contributed by atoms with van der Waals surface area (Å²) >= 11 is 0. The minimum atomic E-state index is -0.101. The van der Waals surface area contributed by atoms with Crippen molar-refractivity contribution in [1.82, 2.24) is 9.97 Å². The Labute approximate surface area is 71.2 Å². The van der Waals surface area contributed by atoms with Crippen LogP contribution in [0.4, 0.5) is 0 Å². The lowest BCUT2D eigenvalue weighted by Gasteiger charge is -2.05. The van der Waals surface area contributed by atoms with Gasteiger partial charge in [0.1, 0.15) is 5.82 Å². The third-order valence-electron chi connectivity index (χ3n) is 1.49. The van der Waals surface area contributed by atoms with E-state index in [0.29, 0.717) is 11.6 Å². The highest BCUT2D eigenvalue weighted by molar-refractivity contribution is 5.29. The van der Waals surface area contributed by atoms with Gasteiger partial charge in [0.05, 0.1) is 13.3 Å². The zero-order chi connectivity index (χ0) is 9.14. The third-order valence-corrected chi connectivity index (χ3v) is 1.49. The Morgan fingerprint density at radius 1 is 1.50 bits per heavy atom. The molecule has 1 rings (SSSR count). The fourth-order valence-electron chi connectivity index (χ4n) is 0.797. The van der Waals surface area contributed by atoms with Crippen LogP contribution in [-0.4, -0.2) is 22.2 Å². The molecule has 0 atom stereocenters. The lowest BCUT2D eigenvalue weighted by atomic mass is 10.2. The summed E-state index contributed by atoms with van der Waals surface area (Å²) in [7, 11) is 1.47. The summed E-state index contributed by atoms with van der Waals surface area (Å²) in [6.45, 7) is 3.92. The average Bonchev–Trinajstić information content (AvgIpc) is 2.04. The van der Waals surface area contributed by atoms with E-state index in [1.807, 2.05) is 13.8 Å². The number of aromatic nitrogens is 2. The number of nitrogens with zero attached hydrogens (tertiary/aromatic N) is 2. The van der Waals surface area contributed by atoms with Gasteiger partial charge in [0.15, 0.2) is 5.75 Å². The first-order valence-corrected chi connectivity index (χ1v) is 3.75. The molecule has 0 spiro atoms. The molecule has 0 aliphatic rings. The maximum atomic E-state index is 9.26. The third kappa shape index (κ3) is 1.64. The molecular formula is C8H12N2O2. The highest BCUT2D eigenvalue weighted by Gasteiger charge is 2.07. The van der Waals surface area contributed by atoms with Crippen molar-refractivity contribution in [3.63, 3.8) is 0 Å². The first-order chi connectivity index (χ1) is 5.65. The Balaban J connectivity index is 3.02. The molecule has 1 N–H and O–H groups in total. The molecule has 0 aliphatic carbocycles. The average molecular weight is 168 g/mol. The summed E-state index contributed by atoms with van der Waals surface area (Å²) in [5.74, 6) is 1.03. The topological polar surface area (TPSA) is 55.2 Å². The Bertz CT molecular complexity index is 274. The second-order valence-corrected chi connectivity index (χ2v) is 2.77. The van der Waals surface area contributed by atoms with E-state index in [9.17, 15) is 5.11 Å². The second kappa shape index (κ2) is 3.38.